The number of fused-ring (bicyclic) bond motifs is 1. The number of benzene rings is 1. The van der Waals surface area contributed by atoms with Crippen molar-refractivity contribution in [1.82, 2.24) is 5.32 Å². The maximum Gasteiger partial charge on any atom is 0.222 e. The summed E-state index contributed by atoms with van der Waals surface area (Å²) >= 11 is 0. The van der Waals surface area contributed by atoms with Gasteiger partial charge in [0.15, 0.2) is 0 Å². The maximum atomic E-state index is 12.6. The molecule has 1 aromatic carbocycles. The molecule has 0 radical (unpaired) electrons. The maximum absolute atomic E-state index is 12.6. The van der Waals surface area contributed by atoms with Gasteiger partial charge in [0.05, 0.1) is 19.8 Å². The molecule has 1 heterocycles. The van der Waals surface area contributed by atoms with Crippen molar-refractivity contribution in [3.8, 4) is 5.75 Å². The van der Waals surface area contributed by atoms with Gasteiger partial charge >= 0.3 is 0 Å². The van der Waals surface area contributed by atoms with Gasteiger partial charge in [-0.3, -0.25) is 4.79 Å². The van der Waals surface area contributed by atoms with E-state index in [1.54, 1.807) is 14.2 Å². The zero-order valence-electron chi connectivity index (χ0n) is 17.5. The van der Waals surface area contributed by atoms with Gasteiger partial charge in [-0.05, 0) is 48.0 Å². The third kappa shape index (κ3) is 2.94. The lowest BCUT2D eigenvalue weighted by Gasteiger charge is -2.53. The molecule has 28 heavy (non-hydrogen) atoms. The highest BCUT2D eigenvalue weighted by Gasteiger charge is 2.68. The van der Waals surface area contributed by atoms with Crippen molar-refractivity contribution in [2.24, 2.45) is 22.7 Å². The number of nitrogens with one attached hydrogen (secondary N) is 1. The molecule has 5 nitrogen and oxygen atoms in total. The van der Waals surface area contributed by atoms with Gasteiger partial charge in [-0.15, -0.1) is 0 Å². The number of para-hydroxylation sites is 1. The monoisotopic (exact) mass is 387 g/mol. The van der Waals surface area contributed by atoms with E-state index in [0.29, 0.717) is 24.9 Å². The number of carbonyl (C=O) groups is 1. The molecule has 1 aromatic rings. The fraction of sp³-hybridized carbons (Fsp3) is 0.696. The van der Waals surface area contributed by atoms with E-state index in [-0.39, 0.29) is 28.9 Å². The van der Waals surface area contributed by atoms with Crippen LogP contribution in [0.3, 0.4) is 0 Å². The Labute approximate surface area is 168 Å². The predicted octanol–water partition coefficient (Wildman–Crippen LogP) is 3.73. The van der Waals surface area contributed by atoms with Crippen molar-refractivity contribution < 1.29 is 19.0 Å². The summed E-state index contributed by atoms with van der Waals surface area (Å²) in [5.74, 6) is 2.00. The van der Waals surface area contributed by atoms with Gasteiger partial charge in [0, 0.05) is 31.7 Å². The molecular formula is C23H33NO4. The van der Waals surface area contributed by atoms with E-state index in [0.717, 1.165) is 30.8 Å². The van der Waals surface area contributed by atoms with Crippen molar-refractivity contribution in [2.45, 2.75) is 51.7 Å². The van der Waals surface area contributed by atoms with E-state index in [9.17, 15) is 4.79 Å². The minimum absolute atomic E-state index is 0.0318. The number of ether oxygens (including phenoxy) is 3. The van der Waals surface area contributed by atoms with Crippen molar-refractivity contribution in [3.63, 3.8) is 0 Å². The summed E-state index contributed by atoms with van der Waals surface area (Å²) in [5, 5.41) is 3.42. The Kier molecular flexibility index (Phi) is 5.17. The minimum atomic E-state index is 0.0318. The minimum Gasteiger partial charge on any atom is -0.496 e. The molecule has 3 fully saturated rings. The first-order valence-electron chi connectivity index (χ1n) is 10.5. The highest BCUT2D eigenvalue weighted by atomic mass is 16.5. The SMILES string of the molecule is COCCC(=O)N[C@@H]1C(C)(C)[C@@H]2C[C@@H]3[C@@H](c4ccccc4OC)OCC[C@@]31C2. The van der Waals surface area contributed by atoms with Crippen LogP contribution in [0, 0.1) is 22.7 Å². The summed E-state index contributed by atoms with van der Waals surface area (Å²) in [7, 11) is 3.36. The van der Waals surface area contributed by atoms with Crippen LogP contribution in [0.25, 0.3) is 0 Å². The van der Waals surface area contributed by atoms with Crippen molar-refractivity contribution >= 4 is 5.91 Å². The molecule has 3 aliphatic rings. The van der Waals surface area contributed by atoms with Crippen LogP contribution in [0.4, 0.5) is 0 Å². The van der Waals surface area contributed by atoms with Crippen LogP contribution in [0.15, 0.2) is 24.3 Å². The summed E-state index contributed by atoms with van der Waals surface area (Å²) in [6.45, 7) is 5.85. The van der Waals surface area contributed by atoms with Crippen molar-refractivity contribution in [1.29, 1.82) is 0 Å². The first-order valence-corrected chi connectivity index (χ1v) is 10.5. The van der Waals surface area contributed by atoms with Crippen molar-refractivity contribution in [2.75, 3.05) is 27.4 Å². The topological polar surface area (TPSA) is 56.8 Å². The van der Waals surface area contributed by atoms with E-state index < -0.39 is 0 Å². The Morgan fingerprint density at radius 1 is 1.29 bits per heavy atom. The summed E-state index contributed by atoms with van der Waals surface area (Å²) in [6.07, 6.45) is 3.79. The molecule has 0 aromatic heterocycles. The number of amides is 1. The molecule has 1 aliphatic heterocycles. The number of hydrogen-bond acceptors (Lipinski definition) is 4. The smallest absolute Gasteiger partial charge is 0.222 e. The van der Waals surface area contributed by atoms with Gasteiger partial charge in [0.1, 0.15) is 5.75 Å². The van der Waals surface area contributed by atoms with Gasteiger partial charge in [-0.25, -0.2) is 0 Å². The number of hydrogen-bond donors (Lipinski definition) is 1. The third-order valence-electron chi connectivity index (χ3n) is 7.79. The summed E-state index contributed by atoms with van der Waals surface area (Å²) in [6, 6.07) is 8.38. The highest BCUT2D eigenvalue weighted by Crippen LogP contribution is 2.70. The Hall–Kier alpha value is -1.59. The lowest BCUT2D eigenvalue weighted by molar-refractivity contribution is -0.138. The van der Waals surface area contributed by atoms with Crippen molar-refractivity contribution in [3.05, 3.63) is 29.8 Å². The zero-order chi connectivity index (χ0) is 19.9. The summed E-state index contributed by atoms with van der Waals surface area (Å²) in [4.78, 5) is 12.6. The fourth-order valence-corrected chi connectivity index (χ4v) is 6.42. The summed E-state index contributed by atoms with van der Waals surface area (Å²) < 4.78 is 17.1. The van der Waals surface area contributed by atoms with E-state index >= 15 is 0 Å². The molecule has 2 saturated carbocycles. The zero-order valence-corrected chi connectivity index (χ0v) is 17.5. The van der Waals surface area contributed by atoms with Crippen LogP contribution in [0.1, 0.15) is 51.2 Å². The molecule has 154 valence electrons. The van der Waals surface area contributed by atoms with Crippen LogP contribution in [0.2, 0.25) is 0 Å². The van der Waals surface area contributed by atoms with E-state index in [4.69, 9.17) is 14.2 Å². The number of rotatable bonds is 6. The van der Waals surface area contributed by atoms with Crippen LogP contribution in [0.5, 0.6) is 5.75 Å². The van der Waals surface area contributed by atoms with Gasteiger partial charge < -0.3 is 19.5 Å². The number of carbonyl (C=O) groups excluding carboxylic acids is 1. The normalized spacial score (nSPS) is 35.4. The standard InChI is InChI=1S/C23H33NO4/c1-22(2)15-13-17-20(16-7-5-6-8-18(16)27-4)28-12-10-23(17,14-15)21(22)24-19(25)9-11-26-3/h5-8,15,17,20-21H,9-14H2,1-4H3,(H,24,25)/t15-,17-,20-,21-,23-/m1/s1. The quantitative estimate of drug-likeness (QED) is 0.808. The van der Waals surface area contributed by atoms with Crippen LogP contribution in [-0.2, 0) is 14.3 Å². The second-order valence-corrected chi connectivity index (χ2v) is 9.32. The third-order valence-corrected chi connectivity index (χ3v) is 7.79. The van der Waals surface area contributed by atoms with Gasteiger partial charge in [-0.2, -0.15) is 0 Å². The van der Waals surface area contributed by atoms with Gasteiger partial charge in [-0.1, -0.05) is 32.0 Å². The molecule has 1 amide bonds. The average molecular weight is 388 g/mol. The lowest BCUT2D eigenvalue weighted by atomic mass is 9.58. The molecular weight excluding hydrogens is 354 g/mol. The molecule has 2 aliphatic carbocycles. The van der Waals surface area contributed by atoms with Gasteiger partial charge in [0.25, 0.3) is 0 Å². The van der Waals surface area contributed by atoms with E-state index in [1.165, 1.54) is 6.42 Å². The van der Waals surface area contributed by atoms with Gasteiger partial charge in [0.2, 0.25) is 5.91 Å². The van der Waals surface area contributed by atoms with E-state index in [2.05, 4.69) is 31.3 Å². The molecule has 1 N–H and O–H groups in total. The van der Waals surface area contributed by atoms with Crippen LogP contribution < -0.4 is 10.1 Å². The molecule has 5 heteroatoms. The second-order valence-electron chi connectivity index (χ2n) is 9.32. The molecule has 2 bridgehead atoms. The summed E-state index contributed by atoms with van der Waals surface area (Å²) in [5.41, 5.74) is 1.34. The second kappa shape index (κ2) is 7.34. The van der Waals surface area contributed by atoms with E-state index in [1.807, 2.05) is 12.1 Å². The fourth-order valence-electron chi connectivity index (χ4n) is 6.42. The first-order chi connectivity index (χ1) is 13.4. The Bertz CT molecular complexity index is 733. The molecule has 4 rings (SSSR count). The van der Waals surface area contributed by atoms with Crippen LogP contribution in [-0.4, -0.2) is 39.4 Å². The Morgan fingerprint density at radius 3 is 2.82 bits per heavy atom. The molecule has 0 unspecified atom stereocenters. The molecule has 1 spiro atoms. The predicted molar refractivity (Wildman–Crippen MR) is 107 cm³/mol. The largest absolute Gasteiger partial charge is 0.496 e. The highest BCUT2D eigenvalue weighted by molar-refractivity contribution is 5.76. The average Bonchev–Trinajstić information content (AvgIpc) is 3.19. The Morgan fingerprint density at radius 2 is 2.07 bits per heavy atom. The van der Waals surface area contributed by atoms with Crippen LogP contribution >= 0.6 is 0 Å². The molecule has 1 saturated heterocycles. The Balaban J connectivity index is 1.65. The molecule has 5 atom stereocenters. The lowest BCUT2D eigenvalue weighted by Crippen LogP contribution is -2.59. The first kappa shape index (κ1) is 19.7. The number of methoxy groups -OCH3 is 2.